The first-order chi connectivity index (χ1) is 9.88. The molecule has 0 aromatic heterocycles. The van der Waals surface area contributed by atoms with Crippen LogP contribution in [-0.2, 0) is 6.42 Å². The van der Waals surface area contributed by atoms with Gasteiger partial charge in [0.05, 0.1) is 9.85 Å². The molecule has 0 spiro atoms. The van der Waals surface area contributed by atoms with Gasteiger partial charge in [0.25, 0.3) is 11.4 Å². The van der Waals surface area contributed by atoms with E-state index in [0.717, 1.165) is 0 Å². The normalized spacial score (nSPS) is 10.3. The Kier molecular flexibility index (Phi) is 3.70. The van der Waals surface area contributed by atoms with E-state index >= 15 is 0 Å². The Hall–Kier alpha value is -3.16. The lowest BCUT2D eigenvalue weighted by atomic mass is 10.0. The van der Waals surface area contributed by atoms with Crippen LogP contribution in [0.5, 0.6) is 0 Å². The molecule has 0 saturated carbocycles. The van der Waals surface area contributed by atoms with Crippen molar-refractivity contribution in [3.63, 3.8) is 0 Å². The molecule has 2 aromatic carbocycles. The molecule has 0 saturated heterocycles. The van der Waals surface area contributed by atoms with Gasteiger partial charge in [0.15, 0.2) is 0 Å². The first-order valence-electron chi connectivity index (χ1n) is 5.94. The monoisotopic (exact) mass is 288 g/mol. The van der Waals surface area contributed by atoms with Gasteiger partial charge in [-0.2, -0.15) is 0 Å². The minimum atomic E-state index is -0.527. The highest BCUT2D eigenvalue weighted by molar-refractivity contribution is 5.59. The fraction of sp³-hybridized carbons (Fsp3) is 0.0769. The third kappa shape index (κ3) is 3.06. The van der Waals surface area contributed by atoms with E-state index in [9.17, 15) is 20.2 Å². The van der Waals surface area contributed by atoms with E-state index in [1.165, 1.54) is 24.3 Å². The molecule has 0 radical (unpaired) electrons. The van der Waals surface area contributed by atoms with Crippen LogP contribution in [0.3, 0.4) is 0 Å². The fourth-order valence-corrected chi connectivity index (χ4v) is 1.92. The molecule has 0 aliphatic rings. The Balaban J connectivity index is 2.30. The Labute approximate surface area is 119 Å². The van der Waals surface area contributed by atoms with E-state index in [2.05, 4.69) is 0 Å². The third-order valence-electron chi connectivity index (χ3n) is 3.06. The summed E-state index contributed by atoms with van der Waals surface area (Å²) >= 11 is 0. The molecule has 21 heavy (non-hydrogen) atoms. The molecular formula is C13H12N4O4. The number of nitro benzene ring substituents is 2. The van der Waals surface area contributed by atoms with E-state index in [4.69, 9.17) is 11.5 Å². The predicted octanol–water partition coefficient (Wildman–Crippen LogP) is 2.26. The van der Waals surface area contributed by atoms with Crippen molar-refractivity contribution in [2.75, 3.05) is 11.5 Å². The number of nitro groups is 2. The largest absolute Gasteiger partial charge is 0.398 e. The van der Waals surface area contributed by atoms with Crippen LogP contribution in [0.25, 0.3) is 0 Å². The lowest BCUT2D eigenvalue weighted by Gasteiger charge is -2.08. The predicted molar refractivity (Wildman–Crippen MR) is 77.8 cm³/mol. The summed E-state index contributed by atoms with van der Waals surface area (Å²) in [5.74, 6) is 0. The van der Waals surface area contributed by atoms with Crippen LogP contribution in [-0.4, -0.2) is 9.85 Å². The van der Waals surface area contributed by atoms with Crippen molar-refractivity contribution in [1.29, 1.82) is 0 Å². The quantitative estimate of drug-likeness (QED) is 0.502. The zero-order valence-corrected chi connectivity index (χ0v) is 10.9. The molecule has 8 nitrogen and oxygen atoms in total. The Morgan fingerprint density at radius 2 is 1.19 bits per heavy atom. The maximum Gasteiger partial charge on any atom is 0.271 e. The van der Waals surface area contributed by atoms with Crippen molar-refractivity contribution < 1.29 is 9.85 Å². The summed E-state index contributed by atoms with van der Waals surface area (Å²) in [6, 6.07) is 8.36. The van der Waals surface area contributed by atoms with Gasteiger partial charge in [0.2, 0.25) is 0 Å². The Morgan fingerprint density at radius 1 is 0.810 bits per heavy atom. The van der Waals surface area contributed by atoms with Crippen LogP contribution in [0, 0.1) is 20.2 Å². The van der Waals surface area contributed by atoms with E-state index in [1.807, 2.05) is 0 Å². The molecule has 0 unspecified atom stereocenters. The van der Waals surface area contributed by atoms with Crippen molar-refractivity contribution in [3.05, 3.63) is 67.8 Å². The maximum absolute atomic E-state index is 10.6. The highest BCUT2D eigenvalue weighted by atomic mass is 16.6. The standard InChI is InChI=1S/C13H12N4O4/c14-12-6-10(16(18)19)3-1-8(12)5-9-2-4-11(17(20)21)7-13(9)15/h1-4,6-7H,5,14-15H2. The Morgan fingerprint density at radius 3 is 1.48 bits per heavy atom. The molecule has 108 valence electrons. The molecule has 0 amide bonds. The second-order valence-corrected chi connectivity index (χ2v) is 4.46. The van der Waals surface area contributed by atoms with Gasteiger partial charge in [-0.15, -0.1) is 0 Å². The van der Waals surface area contributed by atoms with Gasteiger partial charge >= 0.3 is 0 Å². The van der Waals surface area contributed by atoms with Crippen molar-refractivity contribution >= 4 is 22.7 Å². The van der Waals surface area contributed by atoms with Gasteiger partial charge in [0, 0.05) is 42.1 Å². The first kappa shape index (κ1) is 14.3. The molecule has 0 aliphatic heterocycles. The Bertz CT molecular complexity index is 669. The summed E-state index contributed by atoms with van der Waals surface area (Å²) in [6.45, 7) is 0. The van der Waals surface area contributed by atoms with E-state index in [1.54, 1.807) is 12.1 Å². The highest BCUT2D eigenvalue weighted by Crippen LogP contribution is 2.26. The van der Waals surface area contributed by atoms with E-state index in [-0.39, 0.29) is 22.7 Å². The number of hydrogen-bond donors (Lipinski definition) is 2. The van der Waals surface area contributed by atoms with Crippen molar-refractivity contribution in [1.82, 2.24) is 0 Å². The van der Waals surface area contributed by atoms with Crippen molar-refractivity contribution in [3.8, 4) is 0 Å². The molecule has 0 atom stereocenters. The summed E-state index contributed by atoms with van der Waals surface area (Å²) < 4.78 is 0. The van der Waals surface area contributed by atoms with Crippen LogP contribution < -0.4 is 11.5 Å². The molecule has 4 N–H and O–H groups in total. The number of non-ortho nitro benzene ring substituents is 2. The van der Waals surface area contributed by atoms with Gasteiger partial charge in [0.1, 0.15) is 0 Å². The average molecular weight is 288 g/mol. The number of anilines is 2. The second-order valence-electron chi connectivity index (χ2n) is 4.46. The molecule has 2 aromatic rings. The van der Waals surface area contributed by atoms with Crippen molar-refractivity contribution in [2.45, 2.75) is 6.42 Å². The summed E-state index contributed by atoms with van der Waals surface area (Å²) in [7, 11) is 0. The van der Waals surface area contributed by atoms with Gasteiger partial charge in [-0.1, -0.05) is 0 Å². The lowest BCUT2D eigenvalue weighted by molar-refractivity contribution is -0.385. The fourth-order valence-electron chi connectivity index (χ4n) is 1.92. The minimum Gasteiger partial charge on any atom is -0.398 e. The van der Waals surface area contributed by atoms with E-state index in [0.29, 0.717) is 17.5 Å². The summed E-state index contributed by atoms with van der Waals surface area (Å²) in [4.78, 5) is 20.2. The van der Waals surface area contributed by atoms with Crippen LogP contribution in [0.1, 0.15) is 11.1 Å². The lowest BCUT2D eigenvalue weighted by Crippen LogP contribution is -2.01. The number of nitrogens with two attached hydrogens (primary N) is 2. The summed E-state index contributed by atoms with van der Waals surface area (Å²) in [5.41, 5.74) is 13.3. The van der Waals surface area contributed by atoms with Crippen LogP contribution >= 0.6 is 0 Å². The summed E-state index contributed by atoms with van der Waals surface area (Å²) in [6.07, 6.45) is 0.341. The van der Waals surface area contributed by atoms with Gasteiger partial charge in [-0.3, -0.25) is 20.2 Å². The van der Waals surface area contributed by atoms with Crippen LogP contribution in [0.15, 0.2) is 36.4 Å². The number of benzene rings is 2. The van der Waals surface area contributed by atoms with E-state index < -0.39 is 9.85 Å². The molecular weight excluding hydrogens is 276 g/mol. The zero-order valence-electron chi connectivity index (χ0n) is 10.9. The number of rotatable bonds is 4. The number of nitrogens with zero attached hydrogens (tertiary/aromatic N) is 2. The third-order valence-corrected chi connectivity index (χ3v) is 3.06. The highest BCUT2D eigenvalue weighted by Gasteiger charge is 2.12. The molecule has 0 bridgehead atoms. The zero-order chi connectivity index (χ0) is 15.6. The minimum absolute atomic E-state index is 0.0899. The molecule has 0 aliphatic carbocycles. The second kappa shape index (κ2) is 5.45. The van der Waals surface area contributed by atoms with Crippen LogP contribution in [0.2, 0.25) is 0 Å². The average Bonchev–Trinajstić information content (AvgIpc) is 2.42. The molecule has 0 heterocycles. The van der Waals surface area contributed by atoms with Gasteiger partial charge in [-0.05, 0) is 23.3 Å². The van der Waals surface area contributed by atoms with Crippen LogP contribution in [0.4, 0.5) is 22.7 Å². The SMILES string of the molecule is Nc1cc([N+](=O)[O-])ccc1Cc1ccc([N+](=O)[O-])cc1N. The molecule has 0 fully saturated rings. The van der Waals surface area contributed by atoms with Gasteiger partial charge < -0.3 is 11.5 Å². The molecule has 8 heteroatoms. The smallest absolute Gasteiger partial charge is 0.271 e. The number of nitrogen functional groups attached to an aromatic ring is 2. The maximum atomic E-state index is 10.6. The van der Waals surface area contributed by atoms with Gasteiger partial charge in [-0.25, -0.2) is 0 Å². The topological polar surface area (TPSA) is 138 Å². The summed E-state index contributed by atoms with van der Waals surface area (Å²) in [5, 5.41) is 21.3. The van der Waals surface area contributed by atoms with Crippen molar-refractivity contribution in [2.24, 2.45) is 0 Å². The number of hydrogen-bond acceptors (Lipinski definition) is 6. The molecule has 2 rings (SSSR count). The first-order valence-corrected chi connectivity index (χ1v) is 5.94.